The zero-order valence-electron chi connectivity index (χ0n) is 11.6. The summed E-state index contributed by atoms with van der Waals surface area (Å²) in [5.74, 6) is 0. The van der Waals surface area contributed by atoms with Crippen LogP contribution in [0.4, 0.5) is 0 Å². The lowest BCUT2D eigenvalue weighted by Crippen LogP contribution is -2.31. The summed E-state index contributed by atoms with van der Waals surface area (Å²) >= 11 is 0. The minimum Gasteiger partial charge on any atom is -0.378 e. The van der Waals surface area contributed by atoms with Gasteiger partial charge < -0.3 is 5.11 Å². The quantitative estimate of drug-likeness (QED) is 0.797. The van der Waals surface area contributed by atoms with Crippen LogP contribution in [0.5, 0.6) is 0 Å². The molecule has 1 N–H and O–H groups in total. The molecule has 0 spiro atoms. The summed E-state index contributed by atoms with van der Waals surface area (Å²) in [5.41, 5.74) is 1.35. The van der Waals surface area contributed by atoms with Gasteiger partial charge in [-0.15, -0.1) is 0 Å². The Balaban J connectivity index is 2.07. The molecule has 0 saturated heterocycles. The number of rotatable bonds is 4. The third kappa shape index (κ3) is 2.83. The highest BCUT2D eigenvalue weighted by atomic mass is 16.3. The number of pyridine rings is 2. The second kappa shape index (κ2) is 5.85. The minimum atomic E-state index is -1.15. The van der Waals surface area contributed by atoms with E-state index in [2.05, 4.69) is 9.97 Å². The lowest BCUT2D eigenvalue weighted by molar-refractivity contribution is 0.0764. The van der Waals surface area contributed by atoms with Crippen LogP contribution in [-0.2, 0) is 12.0 Å². The van der Waals surface area contributed by atoms with E-state index in [-0.39, 0.29) is 0 Å². The fourth-order valence-corrected chi connectivity index (χ4v) is 2.46. The van der Waals surface area contributed by atoms with Crippen molar-refractivity contribution < 1.29 is 5.11 Å². The number of nitrogens with zero attached hydrogens (tertiary/aromatic N) is 2. The first-order valence-corrected chi connectivity index (χ1v) is 6.87. The number of aliphatic hydroxyl groups is 1. The minimum absolute atomic E-state index is 0.455. The highest BCUT2D eigenvalue weighted by Gasteiger charge is 2.33. The molecular formula is C18H16N2O. The van der Waals surface area contributed by atoms with Gasteiger partial charge in [0.25, 0.3) is 0 Å². The molecule has 21 heavy (non-hydrogen) atoms. The zero-order chi connectivity index (χ0) is 14.5. The molecule has 0 amide bonds. The van der Waals surface area contributed by atoms with E-state index in [1.165, 1.54) is 0 Å². The molecular weight excluding hydrogens is 260 g/mol. The zero-order valence-corrected chi connectivity index (χ0v) is 11.6. The number of aromatic nitrogens is 2. The molecule has 0 bridgehead atoms. The summed E-state index contributed by atoms with van der Waals surface area (Å²) in [6.07, 6.45) is 5.63. The molecule has 1 aromatic carbocycles. The topological polar surface area (TPSA) is 46.0 Å². The SMILES string of the molecule is O[C@](Cc1ccncc1)(c1ccccc1)c1ccccn1. The van der Waals surface area contributed by atoms with Crippen molar-refractivity contribution in [3.63, 3.8) is 0 Å². The van der Waals surface area contributed by atoms with Crippen LogP contribution in [0.25, 0.3) is 0 Å². The summed E-state index contributed by atoms with van der Waals surface area (Å²) in [6.45, 7) is 0. The fourth-order valence-electron chi connectivity index (χ4n) is 2.46. The van der Waals surface area contributed by atoms with Crippen LogP contribution in [0.2, 0.25) is 0 Å². The van der Waals surface area contributed by atoms with E-state index in [1.807, 2.05) is 60.7 Å². The van der Waals surface area contributed by atoms with Crippen molar-refractivity contribution in [1.82, 2.24) is 9.97 Å². The van der Waals surface area contributed by atoms with Gasteiger partial charge in [-0.05, 0) is 35.4 Å². The van der Waals surface area contributed by atoms with Crippen LogP contribution in [0.3, 0.4) is 0 Å². The van der Waals surface area contributed by atoms with E-state index in [9.17, 15) is 5.11 Å². The Labute approximate surface area is 124 Å². The van der Waals surface area contributed by atoms with Crippen LogP contribution >= 0.6 is 0 Å². The number of benzene rings is 1. The predicted molar refractivity (Wildman–Crippen MR) is 81.6 cm³/mol. The van der Waals surface area contributed by atoms with Gasteiger partial charge in [-0.3, -0.25) is 9.97 Å². The Morgan fingerprint density at radius 3 is 2.19 bits per heavy atom. The van der Waals surface area contributed by atoms with Crippen molar-refractivity contribution in [1.29, 1.82) is 0 Å². The molecule has 0 radical (unpaired) electrons. The molecule has 3 rings (SSSR count). The molecule has 0 aliphatic carbocycles. The first-order chi connectivity index (χ1) is 10.3. The molecule has 0 aliphatic rings. The van der Waals surface area contributed by atoms with Gasteiger partial charge in [0.1, 0.15) is 5.60 Å². The molecule has 1 atom stereocenters. The molecule has 0 aliphatic heterocycles. The average molecular weight is 276 g/mol. The third-order valence-corrected chi connectivity index (χ3v) is 3.55. The maximum absolute atomic E-state index is 11.3. The van der Waals surface area contributed by atoms with Gasteiger partial charge in [-0.2, -0.15) is 0 Å². The molecule has 2 heterocycles. The van der Waals surface area contributed by atoms with Crippen molar-refractivity contribution in [2.24, 2.45) is 0 Å². The monoisotopic (exact) mass is 276 g/mol. The summed E-state index contributed by atoms with van der Waals surface area (Å²) < 4.78 is 0. The molecule has 3 nitrogen and oxygen atoms in total. The van der Waals surface area contributed by atoms with E-state index < -0.39 is 5.60 Å². The Kier molecular flexibility index (Phi) is 3.75. The predicted octanol–water partition coefficient (Wildman–Crippen LogP) is 2.96. The fraction of sp³-hybridized carbons (Fsp3) is 0.111. The summed E-state index contributed by atoms with van der Waals surface area (Å²) in [5, 5.41) is 11.3. The Morgan fingerprint density at radius 1 is 0.810 bits per heavy atom. The molecule has 3 heteroatoms. The third-order valence-electron chi connectivity index (χ3n) is 3.55. The van der Waals surface area contributed by atoms with E-state index in [0.717, 1.165) is 11.1 Å². The lowest BCUT2D eigenvalue weighted by Gasteiger charge is -2.28. The van der Waals surface area contributed by atoms with Crippen molar-refractivity contribution in [3.05, 3.63) is 96.1 Å². The Bertz CT molecular complexity index is 645. The van der Waals surface area contributed by atoms with Crippen molar-refractivity contribution in [2.45, 2.75) is 12.0 Å². The largest absolute Gasteiger partial charge is 0.378 e. The summed E-state index contributed by atoms with van der Waals surface area (Å²) in [4.78, 5) is 8.38. The van der Waals surface area contributed by atoms with E-state index >= 15 is 0 Å². The molecule has 3 aromatic rings. The van der Waals surface area contributed by atoms with Crippen LogP contribution in [-0.4, -0.2) is 15.1 Å². The molecule has 0 fully saturated rings. The van der Waals surface area contributed by atoms with E-state index in [0.29, 0.717) is 12.1 Å². The molecule has 2 aromatic heterocycles. The standard InChI is InChI=1S/C18H16N2O/c21-18(16-6-2-1-3-7-16,17-8-4-5-11-20-17)14-15-9-12-19-13-10-15/h1-13,21H,14H2/t18-/m1/s1. The van der Waals surface area contributed by atoms with Crippen LogP contribution in [0.1, 0.15) is 16.8 Å². The van der Waals surface area contributed by atoms with Gasteiger partial charge in [0.15, 0.2) is 0 Å². The smallest absolute Gasteiger partial charge is 0.135 e. The highest BCUT2D eigenvalue weighted by Crippen LogP contribution is 2.31. The van der Waals surface area contributed by atoms with Gasteiger partial charge >= 0.3 is 0 Å². The van der Waals surface area contributed by atoms with Gasteiger partial charge in [0.2, 0.25) is 0 Å². The maximum atomic E-state index is 11.3. The van der Waals surface area contributed by atoms with Crippen LogP contribution in [0, 0.1) is 0 Å². The van der Waals surface area contributed by atoms with Crippen LogP contribution in [0.15, 0.2) is 79.3 Å². The molecule has 104 valence electrons. The van der Waals surface area contributed by atoms with Crippen LogP contribution < -0.4 is 0 Å². The summed E-state index contributed by atoms with van der Waals surface area (Å²) in [7, 11) is 0. The second-order valence-corrected chi connectivity index (χ2v) is 4.97. The van der Waals surface area contributed by atoms with E-state index in [4.69, 9.17) is 0 Å². The number of hydrogen-bond acceptors (Lipinski definition) is 3. The normalized spacial score (nSPS) is 13.6. The first kappa shape index (κ1) is 13.5. The number of hydrogen-bond donors (Lipinski definition) is 1. The van der Waals surface area contributed by atoms with Gasteiger partial charge in [0.05, 0.1) is 5.69 Å². The van der Waals surface area contributed by atoms with Gasteiger partial charge in [-0.25, -0.2) is 0 Å². The van der Waals surface area contributed by atoms with Crippen molar-refractivity contribution in [3.8, 4) is 0 Å². The highest BCUT2D eigenvalue weighted by molar-refractivity contribution is 5.34. The van der Waals surface area contributed by atoms with Gasteiger partial charge in [-0.1, -0.05) is 36.4 Å². The first-order valence-electron chi connectivity index (χ1n) is 6.87. The summed E-state index contributed by atoms with van der Waals surface area (Å²) in [6, 6.07) is 19.1. The van der Waals surface area contributed by atoms with Crippen molar-refractivity contribution in [2.75, 3.05) is 0 Å². The Morgan fingerprint density at radius 2 is 1.52 bits per heavy atom. The average Bonchev–Trinajstić information content (AvgIpc) is 2.57. The Hall–Kier alpha value is -2.52. The molecule has 0 unspecified atom stereocenters. The van der Waals surface area contributed by atoms with Gasteiger partial charge in [0, 0.05) is 25.0 Å². The van der Waals surface area contributed by atoms with E-state index in [1.54, 1.807) is 18.6 Å². The van der Waals surface area contributed by atoms with Crippen molar-refractivity contribution >= 4 is 0 Å². The second-order valence-electron chi connectivity index (χ2n) is 4.97. The molecule has 0 saturated carbocycles. The lowest BCUT2D eigenvalue weighted by atomic mass is 9.84. The maximum Gasteiger partial charge on any atom is 0.135 e.